The van der Waals surface area contributed by atoms with Gasteiger partial charge in [-0.3, -0.25) is 9.59 Å². The molecule has 2 saturated carbocycles. The molecule has 0 bridgehead atoms. The lowest BCUT2D eigenvalue weighted by Crippen LogP contribution is -2.43. The zero-order chi connectivity index (χ0) is 16.6. The van der Waals surface area contributed by atoms with Gasteiger partial charge < -0.3 is 10.4 Å². The summed E-state index contributed by atoms with van der Waals surface area (Å²) in [6.45, 7) is 2.17. The third-order valence-corrected chi connectivity index (χ3v) is 5.66. The van der Waals surface area contributed by atoms with Crippen LogP contribution in [0.5, 0.6) is 0 Å². The van der Waals surface area contributed by atoms with Crippen molar-refractivity contribution >= 4 is 23.5 Å². The van der Waals surface area contributed by atoms with Crippen LogP contribution in [0.3, 0.4) is 0 Å². The zero-order valence-corrected chi connectivity index (χ0v) is 14.0. The standard InChI is InChI=1S/C18H22ClNO3/c1-11-9-14(11)16(12-3-5-13(19)6-4-12)20-15(21)10-18(17(22)23)7-2-8-18/h3-6,11,14,16H,2,7-10H2,1H3,(H,20,21)(H,22,23). The minimum absolute atomic E-state index is 0.0549. The smallest absolute Gasteiger partial charge is 0.310 e. The third kappa shape index (κ3) is 3.37. The van der Waals surface area contributed by atoms with Gasteiger partial charge in [-0.1, -0.05) is 37.1 Å². The van der Waals surface area contributed by atoms with E-state index in [1.807, 2.05) is 24.3 Å². The van der Waals surface area contributed by atoms with E-state index in [0.29, 0.717) is 29.7 Å². The molecular formula is C18H22ClNO3. The van der Waals surface area contributed by atoms with Crippen molar-refractivity contribution in [2.75, 3.05) is 0 Å². The van der Waals surface area contributed by atoms with E-state index >= 15 is 0 Å². The molecule has 0 heterocycles. The van der Waals surface area contributed by atoms with Gasteiger partial charge in [0.15, 0.2) is 0 Å². The van der Waals surface area contributed by atoms with Gasteiger partial charge in [-0.15, -0.1) is 0 Å². The van der Waals surface area contributed by atoms with Gasteiger partial charge in [0, 0.05) is 11.4 Å². The average molecular weight is 336 g/mol. The summed E-state index contributed by atoms with van der Waals surface area (Å²) in [4.78, 5) is 23.9. The Morgan fingerprint density at radius 2 is 1.96 bits per heavy atom. The molecule has 2 N–H and O–H groups in total. The van der Waals surface area contributed by atoms with E-state index in [1.54, 1.807) is 0 Å². The monoisotopic (exact) mass is 335 g/mol. The first kappa shape index (κ1) is 16.3. The average Bonchev–Trinajstić information content (AvgIpc) is 3.18. The lowest BCUT2D eigenvalue weighted by atomic mass is 9.66. The molecule has 23 heavy (non-hydrogen) atoms. The first-order chi connectivity index (χ1) is 10.9. The fourth-order valence-electron chi connectivity index (χ4n) is 3.52. The minimum Gasteiger partial charge on any atom is -0.481 e. The van der Waals surface area contributed by atoms with Crippen molar-refractivity contribution in [2.45, 2.75) is 45.1 Å². The topological polar surface area (TPSA) is 66.4 Å². The summed E-state index contributed by atoms with van der Waals surface area (Å²) in [5, 5.41) is 13.1. The van der Waals surface area contributed by atoms with E-state index in [4.69, 9.17) is 11.6 Å². The Balaban J connectivity index is 1.70. The molecule has 2 fully saturated rings. The van der Waals surface area contributed by atoms with Gasteiger partial charge in [0.25, 0.3) is 0 Å². The highest BCUT2D eigenvalue weighted by Gasteiger charge is 2.47. The van der Waals surface area contributed by atoms with Crippen LogP contribution >= 0.6 is 11.6 Å². The molecule has 0 aliphatic heterocycles. The molecule has 0 aromatic heterocycles. The second-order valence-corrected chi connectivity index (χ2v) is 7.53. The number of hydrogen-bond acceptors (Lipinski definition) is 2. The molecule has 124 valence electrons. The van der Waals surface area contributed by atoms with Crippen LogP contribution in [0.15, 0.2) is 24.3 Å². The van der Waals surface area contributed by atoms with Gasteiger partial charge in [-0.2, -0.15) is 0 Å². The van der Waals surface area contributed by atoms with E-state index in [2.05, 4.69) is 12.2 Å². The van der Waals surface area contributed by atoms with Gasteiger partial charge in [0.05, 0.1) is 11.5 Å². The Labute approximate surface area is 141 Å². The molecule has 0 radical (unpaired) electrons. The Morgan fingerprint density at radius 3 is 2.39 bits per heavy atom. The number of carbonyl (C=O) groups excluding carboxylic acids is 1. The van der Waals surface area contributed by atoms with Crippen molar-refractivity contribution in [3.8, 4) is 0 Å². The quantitative estimate of drug-likeness (QED) is 0.831. The molecular weight excluding hydrogens is 314 g/mol. The van der Waals surface area contributed by atoms with Crippen LogP contribution in [0, 0.1) is 17.3 Å². The summed E-state index contributed by atoms with van der Waals surface area (Å²) in [6.07, 6.45) is 3.24. The fraction of sp³-hybridized carbons (Fsp3) is 0.556. The first-order valence-corrected chi connectivity index (χ1v) is 8.57. The molecule has 2 aliphatic rings. The van der Waals surface area contributed by atoms with Crippen LogP contribution < -0.4 is 5.32 Å². The number of benzene rings is 1. The number of carboxylic acids is 1. The van der Waals surface area contributed by atoms with Crippen LogP contribution in [-0.2, 0) is 9.59 Å². The molecule has 0 saturated heterocycles. The van der Waals surface area contributed by atoms with E-state index in [9.17, 15) is 14.7 Å². The Bertz CT molecular complexity index is 609. The van der Waals surface area contributed by atoms with Gasteiger partial charge in [-0.25, -0.2) is 0 Å². The first-order valence-electron chi connectivity index (χ1n) is 8.19. The van der Waals surface area contributed by atoms with Crippen molar-refractivity contribution < 1.29 is 14.7 Å². The van der Waals surface area contributed by atoms with Gasteiger partial charge in [0.2, 0.25) is 5.91 Å². The molecule has 3 rings (SSSR count). The molecule has 1 aromatic rings. The molecule has 3 atom stereocenters. The molecule has 0 spiro atoms. The summed E-state index contributed by atoms with van der Waals surface area (Å²) in [5.74, 6) is -0.0108. The number of rotatable bonds is 6. The van der Waals surface area contributed by atoms with Crippen molar-refractivity contribution in [1.29, 1.82) is 0 Å². The number of amides is 1. The predicted octanol–water partition coefficient (Wildman–Crippen LogP) is 3.80. The number of hydrogen-bond donors (Lipinski definition) is 2. The second-order valence-electron chi connectivity index (χ2n) is 7.09. The third-order valence-electron chi connectivity index (χ3n) is 5.41. The molecule has 4 nitrogen and oxygen atoms in total. The summed E-state index contributed by atoms with van der Waals surface area (Å²) in [6, 6.07) is 7.48. The highest BCUT2D eigenvalue weighted by molar-refractivity contribution is 6.30. The Hall–Kier alpha value is -1.55. The van der Waals surface area contributed by atoms with Crippen molar-refractivity contribution in [1.82, 2.24) is 5.32 Å². The zero-order valence-electron chi connectivity index (χ0n) is 13.2. The molecule has 1 aromatic carbocycles. The lowest BCUT2D eigenvalue weighted by Gasteiger charge is -2.37. The Morgan fingerprint density at radius 1 is 1.35 bits per heavy atom. The minimum atomic E-state index is -0.846. The summed E-state index contributed by atoms with van der Waals surface area (Å²) < 4.78 is 0. The number of aliphatic carboxylic acids is 1. The normalized spacial score (nSPS) is 26.0. The van der Waals surface area contributed by atoms with Crippen molar-refractivity contribution in [3.63, 3.8) is 0 Å². The lowest BCUT2D eigenvalue weighted by molar-refractivity contribution is -0.157. The van der Waals surface area contributed by atoms with Gasteiger partial charge >= 0.3 is 5.97 Å². The maximum atomic E-state index is 12.4. The maximum absolute atomic E-state index is 12.4. The van der Waals surface area contributed by atoms with E-state index < -0.39 is 11.4 Å². The predicted molar refractivity (Wildman–Crippen MR) is 88.1 cm³/mol. The second kappa shape index (κ2) is 6.16. The van der Waals surface area contributed by atoms with E-state index in [-0.39, 0.29) is 18.4 Å². The van der Waals surface area contributed by atoms with Crippen LogP contribution in [0.4, 0.5) is 0 Å². The van der Waals surface area contributed by atoms with Crippen LogP contribution in [0.1, 0.15) is 50.6 Å². The Kier molecular flexibility index (Phi) is 4.37. The van der Waals surface area contributed by atoms with Crippen molar-refractivity contribution in [3.05, 3.63) is 34.9 Å². The summed E-state index contributed by atoms with van der Waals surface area (Å²) >= 11 is 5.94. The number of carbonyl (C=O) groups is 2. The highest BCUT2D eigenvalue weighted by Crippen LogP contribution is 2.48. The van der Waals surface area contributed by atoms with Gasteiger partial charge in [-0.05, 0) is 48.8 Å². The molecule has 3 unspecified atom stereocenters. The molecule has 5 heteroatoms. The summed E-state index contributed by atoms with van der Waals surface area (Å²) in [5.41, 5.74) is 0.194. The highest BCUT2D eigenvalue weighted by atomic mass is 35.5. The summed E-state index contributed by atoms with van der Waals surface area (Å²) in [7, 11) is 0. The molecule has 2 aliphatic carbocycles. The van der Waals surface area contributed by atoms with Crippen molar-refractivity contribution in [2.24, 2.45) is 17.3 Å². The number of carboxylic acid groups (broad SMARTS) is 1. The molecule has 1 amide bonds. The van der Waals surface area contributed by atoms with Crippen LogP contribution in [0.25, 0.3) is 0 Å². The van der Waals surface area contributed by atoms with Gasteiger partial charge in [0.1, 0.15) is 0 Å². The van der Waals surface area contributed by atoms with Crippen LogP contribution in [0.2, 0.25) is 5.02 Å². The fourth-order valence-corrected chi connectivity index (χ4v) is 3.65. The number of halogens is 1. The van der Waals surface area contributed by atoms with E-state index in [1.165, 1.54) is 0 Å². The van der Waals surface area contributed by atoms with Crippen LogP contribution in [-0.4, -0.2) is 17.0 Å². The van der Waals surface area contributed by atoms with E-state index in [0.717, 1.165) is 18.4 Å². The maximum Gasteiger partial charge on any atom is 0.310 e. The largest absolute Gasteiger partial charge is 0.481 e. The SMILES string of the molecule is CC1CC1C(NC(=O)CC1(C(=O)O)CCC1)c1ccc(Cl)cc1. The number of nitrogens with one attached hydrogen (secondary N) is 1.